The van der Waals surface area contributed by atoms with Gasteiger partial charge in [-0.25, -0.2) is 0 Å². The summed E-state index contributed by atoms with van der Waals surface area (Å²) < 4.78 is 0. The minimum atomic E-state index is -0.762. The van der Waals surface area contributed by atoms with E-state index in [4.69, 9.17) is 0 Å². The van der Waals surface area contributed by atoms with E-state index in [9.17, 15) is 10.4 Å². The number of aromatic nitrogens is 1. The summed E-state index contributed by atoms with van der Waals surface area (Å²) in [6.07, 6.45) is 5.70. The van der Waals surface area contributed by atoms with Gasteiger partial charge in [0.25, 0.3) is 0 Å². The summed E-state index contributed by atoms with van der Waals surface area (Å²) in [5.41, 5.74) is -0.0194. The summed E-state index contributed by atoms with van der Waals surface area (Å²) in [5, 5.41) is 20.0. The predicted octanol–water partition coefficient (Wildman–Crippen LogP) is 3.23. The molecule has 1 aliphatic carbocycles. The van der Waals surface area contributed by atoms with Crippen LogP contribution in [-0.4, -0.2) is 10.1 Å². The van der Waals surface area contributed by atoms with Crippen molar-refractivity contribution in [3.63, 3.8) is 0 Å². The van der Waals surface area contributed by atoms with Crippen LogP contribution in [0, 0.1) is 22.7 Å². The molecule has 1 atom stereocenters. The maximum absolute atomic E-state index is 10.5. The SMILES string of the molecule is CCC1CCC(C#N)(C(O)c2ccccn2)CC1. The summed E-state index contributed by atoms with van der Waals surface area (Å²) >= 11 is 0. The molecule has 1 aromatic heterocycles. The fraction of sp³-hybridized carbons (Fsp3) is 0.600. The molecular weight excluding hydrogens is 224 g/mol. The molecular formula is C15H20N2O. The molecule has 1 saturated carbocycles. The Labute approximate surface area is 108 Å². The molecule has 0 aliphatic heterocycles. The fourth-order valence-corrected chi connectivity index (χ4v) is 2.87. The standard InChI is InChI=1S/C15H20N2O/c1-2-12-6-8-15(11-16,9-7-12)14(18)13-5-3-4-10-17-13/h3-5,10,12,14,18H,2,6-9H2,1H3. The first-order valence-electron chi connectivity index (χ1n) is 6.72. The number of aliphatic hydroxyl groups excluding tert-OH is 1. The van der Waals surface area contributed by atoms with Crippen LogP contribution < -0.4 is 0 Å². The molecule has 1 N–H and O–H groups in total. The Morgan fingerprint density at radius 2 is 2.22 bits per heavy atom. The van der Waals surface area contributed by atoms with Crippen molar-refractivity contribution in [2.24, 2.45) is 11.3 Å². The molecule has 0 radical (unpaired) electrons. The zero-order valence-corrected chi connectivity index (χ0v) is 10.8. The zero-order valence-electron chi connectivity index (χ0n) is 10.8. The highest BCUT2D eigenvalue weighted by atomic mass is 16.3. The molecule has 96 valence electrons. The van der Waals surface area contributed by atoms with Gasteiger partial charge in [-0.1, -0.05) is 19.4 Å². The van der Waals surface area contributed by atoms with Crippen LogP contribution in [0.5, 0.6) is 0 Å². The van der Waals surface area contributed by atoms with Crippen molar-refractivity contribution in [3.8, 4) is 6.07 Å². The predicted molar refractivity (Wildman–Crippen MR) is 69.5 cm³/mol. The highest BCUT2D eigenvalue weighted by molar-refractivity contribution is 5.16. The average molecular weight is 244 g/mol. The monoisotopic (exact) mass is 244 g/mol. The van der Waals surface area contributed by atoms with Gasteiger partial charge in [0.1, 0.15) is 6.10 Å². The van der Waals surface area contributed by atoms with Gasteiger partial charge in [-0.05, 0) is 43.7 Å². The van der Waals surface area contributed by atoms with Crippen molar-refractivity contribution in [1.82, 2.24) is 4.98 Å². The van der Waals surface area contributed by atoms with Crippen LogP contribution in [-0.2, 0) is 0 Å². The van der Waals surface area contributed by atoms with E-state index in [2.05, 4.69) is 18.0 Å². The topological polar surface area (TPSA) is 56.9 Å². The largest absolute Gasteiger partial charge is 0.385 e. The van der Waals surface area contributed by atoms with Crippen LogP contribution in [0.1, 0.15) is 50.8 Å². The molecule has 3 heteroatoms. The normalized spacial score (nSPS) is 29.5. The van der Waals surface area contributed by atoms with E-state index in [-0.39, 0.29) is 0 Å². The van der Waals surface area contributed by atoms with Crippen molar-refractivity contribution in [3.05, 3.63) is 30.1 Å². The summed E-state index contributed by atoms with van der Waals surface area (Å²) in [6.45, 7) is 2.19. The van der Waals surface area contributed by atoms with Crippen LogP contribution >= 0.6 is 0 Å². The van der Waals surface area contributed by atoms with E-state index < -0.39 is 11.5 Å². The molecule has 18 heavy (non-hydrogen) atoms. The molecule has 3 nitrogen and oxygen atoms in total. The summed E-state index contributed by atoms with van der Waals surface area (Å²) in [6, 6.07) is 7.85. The van der Waals surface area contributed by atoms with E-state index in [0.29, 0.717) is 11.6 Å². The van der Waals surface area contributed by atoms with Crippen LogP contribution in [0.15, 0.2) is 24.4 Å². The Kier molecular flexibility index (Phi) is 3.98. The maximum Gasteiger partial charge on any atom is 0.114 e. The van der Waals surface area contributed by atoms with Crippen molar-refractivity contribution < 1.29 is 5.11 Å². The highest BCUT2D eigenvalue weighted by Gasteiger charge is 2.42. The van der Waals surface area contributed by atoms with Crippen molar-refractivity contribution in [1.29, 1.82) is 5.26 Å². The second-order valence-corrected chi connectivity index (χ2v) is 5.28. The first-order chi connectivity index (χ1) is 8.72. The van der Waals surface area contributed by atoms with Gasteiger partial charge >= 0.3 is 0 Å². The van der Waals surface area contributed by atoms with Crippen molar-refractivity contribution in [2.45, 2.75) is 45.1 Å². The molecule has 0 saturated heterocycles. The number of pyridine rings is 1. The van der Waals surface area contributed by atoms with Crippen LogP contribution in [0.2, 0.25) is 0 Å². The van der Waals surface area contributed by atoms with Gasteiger partial charge in [0.15, 0.2) is 0 Å². The molecule has 0 bridgehead atoms. The van der Waals surface area contributed by atoms with Gasteiger partial charge in [0.2, 0.25) is 0 Å². The number of aliphatic hydroxyl groups is 1. The van der Waals surface area contributed by atoms with Crippen molar-refractivity contribution in [2.75, 3.05) is 0 Å². The maximum atomic E-state index is 10.5. The van der Waals surface area contributed by atoms with Crippen LogP contribution in [0.3, 0.4) is 0 Å². The molecule has 1 aromatic rings. The smallest absolute Gasteiger partial charge is 0.114 e. The van der Waals surface area contributed by atoms with E-state index >= 15 is 0 Å². The summed E-state index contributed by atoms with van der Waals surface area (Å²) in [7, 11) is 0. The molecule has 1 unspecified atom stereocenters. The Balaban J connectivity index is 2.17. The van der Waals surface area contributed by atoms with E-state index in [1.54, 1.807) is 12.3 Å². The number of rotatable bonds is 3. The first kappa shape index (κ1) is 13.0. The minimum Gasteiger partial charge on any atom is -0.385 e. The van der Waals surface area contributed by atoms with E-state index in [1.807, 2.05) is 12.1 Å². The second-order valence-electron chi connectivity index (χ2n) is 5.28. The average Bonchev–Trinajstić information content (AvgIpc) is 2.47. The molecule has 1 heterocycles. The third-order valence-electron chi connectivity index (χ3n) is 4.29. The molecule has 0 amide bonds. The summed E-state index contributed by atoms with van der Waals surface area (Å²) in [5.74, 6) is 0.711. The number of hydrogen-bond acceptors (Lipinski definition) is 3. The highest BCUT2D eigenvalue weighted by Crippen LogP contribution is 2.47. The first-order valence-corrected chi connectivity index (χ1v) is 6.72. The van der Waals surface area contributed by atoms with Gasteiger partial charge < -0.3 is 5.11 Å². The zero-order chi connectivity index (χ0) is 13.0. The van der Waals surface area contributed by atoms with Gasteiger partial charge in [0, 0.05) is 6.20 Å². The van der Waals surface area contributed by atoms with E-state index in [1.165, 1.54) is 6.42 Å². The van der Waals surface area contributed by atoms with Crippen LogP contribution in [0.4, 0.5) is 0 Å². The number of hydrogen-bond donors (Lipinski definition) is 1. The molecule has 0 aromatic carbocycles. The summed E-state index contributed by atoms with van der Waals surface area (Å²) in [4.78, 5) is 4.18. The van der Waals surface area contributed by atoms with Gasteiger partial charge in [0.05, 0.1) is 17.2 Å². The lowest BCUT2D eigenvalue weighted by molar-refractivity contribution is 0.0213. The lowest BCUT2D eigenvalue weighted by atomic mass is 9.67. The fourth-order valence-electron chi connectivity index (χ4n) is 2.87. The van der Waals surface area contributed by atoms with Gasteiger partial charge in [-0.3, -0.25) is 4.98 Å². The quantitative estimate of drug-likeness (QED) is 0.888. The van der Waals surface area contributed by atoms with Gasteiger partial charge in [-0.15, -0.1) is 0 Å². The lowest BCUT2D eigenvalue weighted by Gasteiger charge is -2.37. The second kappa shape index (κ2) is 5.49. The molecule has 0 spiro atoms. The van der Waals surface area contributed by atoms with E-state index in [0.717, 1.165) is 25.7 Å². The Hall–Kier alpha value is -1.40. The Bertz CT molecular complexity index is 416. The van der Waals surface area contributed by atoms with Crippen LogP contribution in [0.25, 0.3) is 0 Å². The molecule has 1 fully saturated rings. The third-order valence-corrected chi connectivity index (χ3v) is 4.29. The van der Waals surface area contributed by atoms with Crippen molar-refractivity contribution >= 4 is 0 Å². The lowest BCUT2D eigenvalue weighted by Crippen LogP contribution is -2.32. The number of nitriles is 1. The Morgan fingerprint density at radius 3 is 2.72 bits per heavy atom. The molecule has 1 aliphatic rings. The van der Waals surface area contributed by atoms with Gasteiger partial charge in [-0.2, -0.15) is 5.26 Å². The Morgan fingerprint density at radius 1 is 1.50 bits per heavy atom. The minimum absolute atomic E-state index is 0.619. The number of nitrogens with zero attached hydrogens (tertiary/aromatic N) is 2. The molecule has 2 rings (SSSR count). The third kappa shape index (κ3) is 2.39.